The Bertz CT molecular complexity index is 1000. The number of hydrogen-bond donors (Lipinski definition) is 3. The molecule has 2 aromatic carbocycles. The molecule has 164 valence electrons. The standard InChI is InChI=1S/C26H34N4O/c1-19(17-20-18-27-24-12-8-7-11-23(20)24)28-25(31)29-22-13-15-26(16-14-22,30(2)3)21-9-5-4-6-10-21/h4-12,18-19,22,27H,13-17H2,1-3H3,(H2,28,29,31). The molecule has 0 saturated heterocycles. The molecule has 0 spiro atoms. The quantitative estimate of drug-likeness (QED) is 0.539. The summed E-state index contributed by atoms with van der Waals surface area (Å²) in [4.78, 5) is 18.3. The van der Waals surface area contributed by atoms with Crippen LogP contribution < -0.4 is 10.6 Å². The molecule has 1 aliphatic rings. The second kappa shape index (κ2) is 9.15. The van der Waals surface area contributed by atoms with Gasteiger partial charge in [-0.05, 0) is 70.3 Å². The molecule has 1 unspecified atom stereocenters. The number of aromatic amines is 1. The zero-order valence-corrected chi connectivity index (χ0v) is 18.8. The smallest absolute Gasteiger partial charge is 0.315 e. The van der Waals surface area contributed by atoms with Crippen LogP contribution in [0.15, 0.2) is 60.8 Å². The summed E-state index contributed by atoms with van der Waals surface area (Å²) >= 11 is 0. The fourth-order valence-electron chi connectivity index (χ4n) is 5.11. The molecule has 3 aromatic rings. The van der Waals surface area contributed by atoms with Crippen LogP contribution in [0.5, 0.6) is 0 Å². The Morgan fingerprint density at radius 1 is 1.10 bits per heavy atom. The lowest BCUT2D eigenvalue weighted by Crippen LogP contribution is -2.51. The van der Waals surface area contributed by atoms with Crippen molar-refractivity contribution in [3.8, 4) is 0 Å². The summed E-state index contributed by atoms with van der Waals surface area (Å²) in [6, 6.07) is 19.3. The highest BCUT2D eigenvalue weighted by Gasteiger charge is 2.39. The fourth-order valence-corrected chi connectivity index (χ4v) is 5.11. The van der Waals surface area contributed by atoms with Crippen molar-refractivity contribution < 1.29 is 4.79 Å². The fraction of sp³-hybridized carbons (Fsp3) is 0.423. The maximum Gasteiger partial charge on any atom is 0.315 e. The van der Waals surface area contributed by atoms with Gasteiger partial charge in [-0.3, -0.25) is 4.90 Å². The highest BCUT2D eigenvalue weighted by atomic mass is 16.2. The van der Waals surface area contributed by atoms with Gasteiger partial charge in [0.1, 0.15) is 0 Å². The van der Waals surface area contributed by atoms with E-state index in [1.165, 1.54) is 16.5 Å². The molecule has 5 heteroatoms. The molecule has 1 aromatic heterocycles. The van der Waals surface area contributed by atoms with Gasteiger partial charge in [-0.15, -0.1) is 0 Å². The lowest BCUT2D eigenvalue weighted by molar-refractivity contribution is 0.0869. The molecule has 0 bridgehead atoms. The van der Waals surface area contributed by atoms with Crippen molar-refractivity contribution in [3.05, 3.63) is 71.9 Å². The van der Waals surface area contributed by atoms with Gasteiger partial charge >= 0.3 is 6.03 Å². The van der Waals surface area contributed by atoms with E-state index in [-0.39, 0.29) is 23.7 Å². The summed E-state index contributed by atoms with van der Waals surface area (Å²) in [6.45, 7) is 2.06. The van der Waals surface area contributed by atoms with E-state index in [9.17, 15) is 4.79 Å². The van der Waals surface area contributed by atoms with E-state index in [1.807, 2.05) is 12.3 Å². The van der Waals surface area contributed by atoms with Crippen molar-refractivity contribution in [2.24, 2.45) is 0 Å². The number of carbonyl (C=O) groups is 1. The van der Waals surface area contributed by atoms with Crippen molar-refractivity contribution >= 4 is 16.9 Å². The number of rotatable bonds is 6. The summed E-state index contributed by atoms with van der Waals surface area (Å²) in [5.74, 6) is 0. The Labute approximate surface area is 185 Å². The molecule has 1 saturated carbocycles. The normalized spacial score (nSPS) is 22.4. The molecule has 0 aliphatic heterocycles. The summed E-state index contributed by atoms with van der Waals surface area (Å²) < 4.78 is 0. The zero-order chi connectivity index (χ0) is 21.8. The van der Waals surface area contributed by atoms with E-state index in [2.05, 4.69) is 90.1 Å². The first-order valence-electron chi connectivity index (χ1n) is 11.3. The number of amides is 2. The van der Waals surface area contributed by atoms with Crippen molar-refractivity contribution in [1.82, 2.24) is 20.5 Å². The summed E-state index contributed by atoms with van der Waals surface area (Å²) in [6.07, 6.45) is 6.90. The molecular weight excluding hydrogens is 384 g/mol. The summed E-state index contributed by atoms with van der Waals surface area (Å²) in [7, 11) is 4.33. The maximum absolute atomic E-state index is 12.6. The van der Waals surface area contributed by atoms with Gasteiger partial charge in [0.25, 0.3) is 0 Å². The van der Waals surface area contributed by atoms with E-state index in [0.717, 1.165) is 37.6 Å². The third-order valence-electron chi connectivity index (χ3n) is 6.89. The van der Waals surface area contributed by atoms with Crippen molar-refractivity contribution in [1.29, 1.82) is 0 Å². The van der Waals surface area contributed by atoms with E-state index >= 15 is 0 Å². The Balaban J connectivity index is 1.30. The SMILES string of the molecule is CC(Cc1c[nH]c2ccccc12)NC(=O)NC1CCC(c2ccccc2)(N(C)C)CC1. The largest absolute Gasteiger partial charge is 0.361 e. The number of para-hydroxylation sites is 1. The lowest BCUT2D eigenvalue weighted by atomic mass is 9.74. The summed E-state index contributed by atoms with van der Waals surface area (Å²) in [5.41, 5.74) is 3.80. The lowest BCUT2D eigenvalue weighted by Gasteiger charge is -2.45. The predicted molar refractivity (Wildman–Crippen MR) is 127 cm³/mol. The molecule has 0 radical (unpaired) electrons. The molecule has 1 heterocycles. The molecule has 1 atom stereocenters. The molecule has 3 N–H and O–H groups in total. The van der Waals surface area contributed by atoms with Crippen LogP contribution in [0, 0.1) is 0 Å². The number of nitrogens with one attached hydrogen (secondary N) is 3. The second-order valence-corrected chi connectivity index (χ2v) is 9.15. The van der Waals surface area contributed by atoms with E-state index in [1.54, 1.807) is 0 Å². The number of H-pyrrole nitrogens is 1. The molecular formula is C26H34N4O. The highest BCUT2D eigenvalue weighted by Crippen LogP contribution is 2.41. The minimum Gasteiger partial charge on any atom is -0.361 e. The monoisotopic (exact) mass is 418 g/mol. The van der Waals surface area contributed by atoms with Crippen molar-refractivity contribution in [2.75, 3.05) is 14.1 Å². The van der Waals surface area contributed by atoms with Gasteiger partial charge in [-0.2, -0.15) is 0 Å². The van der Waals surface area contributed by atoms with Crippen molar-refractivity contribution in [2.45, 2.75) is 56.7 Å². The predicted octanol–water partition coefficient (Wildman–Crippen LogP) is 4.80. The molecule has 31 heavy (non-hydrogen) atoms. The number of fused-ring (bicyclic) bond motifs is 1. The van der Waals surface area contributed by atoms with Crippen LogP contribution in [0.2, 0.25) is 0 Å². The van der Waals surface area contributed by atoms with Gasteiger partial charge in [-0.25, -0.2) is 4.79 Å². The van der Waals surface area contributed by atoms with Crippen LogP contribution in [0.3, 0.4) is 0 Å². The minimum atomic E-state index is -0.0607. The zero-order valence-electron chi connectivity index (χ0n) is 18.8. The van der Waals surface area contributed by atoms with E-state index in [0.29, 0.717) is 0 Å². The Hall–Kier alpha value is -2.79. The van der Waals surface area contributed by atoms with Gasteiger partial charge in [0.2, 0.25) is 0 Å². The summed E-state index contributed by atoms with van der Waals surface area (Å²) in [5, 5.41) is 7.58. The van der Waals surface area contributed by atoms with Crippen LogP contribution in [-0.2, 0) is 12.0 Å². The number of urea groups is 1. The van der Waals surface area contributed by atoms with Crippen LogP contribution >= 0.6 is 0 Å². The molecule has 5 nitrogen and oxygen atoms in total. The maximum atomic E-state index is 12.6. The van der Waals surface area contributed by atoms with Crippen LogP contribution in [-0.4, -0.2) is 42.1 Å². The first-order valence-corrected chi connectivity index (χ1v) is 11.3. The number of carbonyl (C=O) groups excluding carboxylic acids is 1. The molecule has 1 aliphatic carbocycles. The minimum absolute atomic E-state index is 0.0541. The highest BCUT2D eigenvalue weighted by molar-refractivity contribution is 5.83. The van der Waals surface area contributed by atoms with Crippen LogP contribution in [0.25, 0.3) is 10.9 Å². The average Bonchev–Trinajstić information content (AvgIpc) is 3.17. The van der Waals surface area contributed by atoms with Crippen LogP contribution in [0.4, 0.5) is 4.79 Å². The number of hydrogen-bond acceptors (Lipinski definition) is 2. The third kappa shape index (κ3) is 4.62. The molecule has 1 fully saturated rings. The molecule has 2 amide bonds. The third-order valence-corrected chi connectivity index (χ3v) is 6.89. The van der Waals surface area contributed by atoms with Crippen molar-refractivity contribution in [3.63, 3.8) is 0 Å². The van der Waals surface area contributed by atoms with E-state index in [4.69, 9.17) is 0 Å². The second-order valence-electron chi connectivity index (χ2n) is 9.15. The van der Waals surface area contributed by atoms with Gasteiger partial charge in [-0.1, -0.05) is 48.5 Å². The Morgan fingerprint density at radius 2 is 1.77 bits per heavy atom. The van der Waals surface area contributed by atoms with Gasteiger partial charge in [0.15, 0.2) is 0 Å². The van der Waals surface area contributed by atoms with Gasteiger partial charge < -0.3 is 15.6 Å². The van der Waals surface area contributed by atoms with E-state index < -0.39 is 0 Å². The number of aromatic nitrogens is 1. The van der Waals surface area contributed by atoms with Gasteiger partial charge in [0.05, 0.1) is 0 Å². The Morgan fingerprint density at radius 3 is 2.48 bits per heavy atom. The topological polar surface area (TPSA) is 60.2 Å². The van der Waals surface area contributed by atoms with Crippen LogP contribution in [0.1, 0.15) is 43.7 Å². The molecule has 4 rings (SSSR count). The Kier molecular flexibility index (Phi) is 6.33. The first-order chi connectivity index (χ1) is 15.0. The average molecular weight is 419 g/mol. The number of benzene rings is 2. The first kappa shape index (κ1) is 21.4. The number of nitrogens with zero attached hydrogens (tertiary/aromatic N) is 1. The van der Waals surface area contributed by atoms with Gasteiger partial charge in [0, 0.05) is 34.7 Å².